The van der Waals surface area contributed by atoms with E-state index in [0.717, 1.165) is 43.5 Å². The SMILES string of the molecule is O=C(NCCCCC(c1ccc(F)cc1)c1ccc(F)cc1)C1CNCCN1. The van der Waals surface area contributed by atoms with Gasteiger partial charge in [0.15, 0.2) is 0 Å². The molecule has 28 heavy (non-hydrogen) atoms. The van der Waals surface area contributed by atoms with E-state index < -0.39 is 0 Å². The van der Waals surface area contributed by atoms with Crippen molar-refractivity contribution < 1.29 is 13.6 Å². The molecule has 1 aliphatic heterocycles. The van der Waals surface area contributed by atoms with Crippen molar-refractivity contribution in [3.63, 3.8) is 0 Å². The Labute approximate surface area is 164 Å². The van der Waals surface area contributed by atoms with Crippen molar-refractivity contribution in [3.8, 4) is 0 Å². The fourth-order valence-corrected chi connectivity index (χ4v) is 3.56. The lowest BCUT2D eigenvalue weighted by Gasteiger charge is -2.23. The van der Waals surface area contributed by atoms with Crippen molar-refractivity contribution >= 4 is 5.91 Å². The second-order valence-corrected chi connectivity index (χ2v) is 7.15. The molecule has 1 amide bonds. The van der Waals surface area contributed by atoms with E-state index in [1.807, 2.05) is 0 Å². The average molecular weight is 387 g/mol. The van der Waals surface area contributed by atoms with E-state index >= 15 is 0 Å². The van der Waals surface area contributed by atoms with Crippen molar-refractivity contribution in [1.29, 1.82) is 0 Å². The van der Waals surface area contributed by atoms with Crippen LogP contribution in [0.15, 0.2) is 48.5 Å². The van der Waals surface area contributed by atoms with Crippen molar-refractivity contribution in [1.82, 2.24) is 16.0 Å². The zero-order valence-corrected chi connectivity index (χ0v) is 15.9. The van der Waals surface area contributed by atoms with Crippen LogP contribution in [-0.4, -0.2) is 38.1 Å². The molecule has 1 unspecified atom stereocenters. The highest BCUT2D eigenvalue weighted by molar-refractivity contribution is 5.82. The summed E-state index contributed by atoms with van der Waals surface area (Å²) in [5.41, 5.74) is 2.02. The minimum atomic E-state index is -0.268. The normalized spacial score (nSPS) is 16.9. The van der Waals surface area contributed by atoms with Gasteiger partial charge in [0.05, 0.1) is 6.04 Å². The number of benzene rings is 2. The number of halogens is 2. The molecule has 1 fully saturated rings. The fourth-order valence-electron chi connectivity index (χ4n) is 3.56. The third-order valence-electron chi connectivity index (χ3n) is 5.12. The van der Waals surface area contributed by atoms with E-state index in [9.17, 15) is 13.6 Å². The molecule has 1 aliphatic rings. The summed E-state index contributed by atoms with van der Waals surface area (Å²) in [6, 6.07) is 12.8. The molecule has 0 aliphatic carbocycles. The molecule has 2 aromatic rings. The molecule has 1 atom stereocenters. The van der Waals surface area contributed by atoms with Crippen LogP contribution in [0, 0.1) is 11.6 Å². The number of amides is 1. The van der Waals surface area contributed by atoms with Crippen LogP contribution in [-0.2, 0) is 4.79 Å². The molecule has 1 saturated heterocycles. The van der Waals surface area contributed by atoms with Crippen molar-refractivity contribution in [2.24, 2.45) is 0 Å². The van der Waals surface area contributed by atoms with Crippen LogP contribution in [0.3, 0.4) is 0 Å². The van der Waals surface area contributed by atoms with E-state index in [0.29, 0.717) is 13.1 Å². The van der Waals surface area contributed by atoms with Crippen LogP contribution in [0.1, 0.15) is 36.3 Å². The molecule has 0 aromatic heterocycles. The third-order valence-corrected chi connectivity index (χ3v) is 5.12. The minimum Gasteiger partial charge on any atom is -0.355 e. The zero-order valence-electron chi connectivity index (χ0n) is 15.9. The highest BCUT2D eigenvalue weighted by Gasteiger charge is 2.19. The predicted octanol–water partition coefficient (Wildman–Crippen LogP) is 2.94. The molecular weight excluding hydrogens is 360 g/mol. The Balaban J connectivity index is 1.52. The summed E-state index contributed by atoms with van der Waals surface area (Å²) in [5, 5.41) is 9.37. The molecule has 6 heteroatoms. The number of rotatable bonds is 8. The van der Waals surface area contributed by atoms with Crippen molar-refractivity contribution in [2.75, 3.05) is 26.2 Å². The molecule has 0 radical (unpaired) electrons. The number of hydrogen-bond donors (Lipinski definition) is 3. The number of hydrogen-bond acceptors (Lipinski definition) is 3. The first kappa shape index (κ1) is 20.4. The van der Waals surface area contributed by atoms with Gasteiger partial charge < -0.3 is 16.0 Å². The number of piperazine rings is 1. The van der Waals surface area contributed by atoms with Crippen LogP contribution in [0.5, 0.6) is 0 Å². The van der Waals surface area contributed by atoms with Gasteiger partial charge in [-0.3, -0.25) is 4.79 Å². The maximum atomic E-state index is 13.3. The van der Waals surface area contributed by atoms with E-state index in [1.54, 1.807) is 24.3 Å². The first-order chi connectivity index (χ1) is 13.6. The first-order valence-corrected chi connectivity index (χ1v) is 9.86. The van der Waals surface area contributed by atoms with Gasteiger partial charge in [-0.05, 0) is 48.2 Å². The first-order valence-electron chi connectivity index (χ1n) is 9.86. The lowest BCUT2D eigenvalue weighted by Crippen LogP contribution is -2.55. The lowest BCUT2D eigenvalue weighted by molar-refractivity contribution is -0.123. The summed E-state index contributed by atoms with van der Waals surface area (Å²) in [4.78, 5) is 12.1. The molecule has 2 aromatic carbocycles. The van der Waals surface area contributed by atoms with Gasteiger partial charge in [0, 0.05) is 32.1 Å². The Bertz CT molecular complexity index is 698. The molecule has 0 saturated carbocycles. The van der Waals surface area contributed by atoms with E-state index in [1.165, 1.54) is 24.3 Å². The maximum absolute atomic E-state index is 13.3. The van der Waals surface area contributed by atoms with Crippen LogP contribution >= 0.6 is 0 Å². The largest absolute Gasteiger partial charge is 0.355 e. The number of nitrogens with one attached hydrogen (secondary N) is 3. The van der Waals surface area contributed by atoms with Crippen LogP contribution in [0.2, 0.25) is 0 Å². The smallest absolute Gasteiger partial charge is 0.238 e. The third kappa shape index (κ3) is 5.84. The lowest BCUT2D eigenvalue weighted by atomic mass is 9.87. The molecule has 150 valence electrons. The number of carbonyl (C=O) groups excluding carboxylic acids is 1. The van der Waals surface area contributed by atoms with Crippen molar-refractivity contribution in [2.45, 2.75) is 31.2 Å². The minimum absolute atomic E-state index is 0.0285. The van der Waals surface area contributed by atoms with E-state index in [-0.39, 0.29) is 29.5 Å². The molecule has 0 spiro atoms. The Morgan fingerprint density at radius 2 is 1.57 bits per heavy atom. The maximum Gasteiger partial charge on any atom is 0.238 e. The molecule has 3 N–H and O–H groups in total. The van der Waals surface area contributed by atoms with Gasteiger partial charge in [0.25, 0.3) is 0 Å². The van der Waals surface area contributed by atoms with E-state index in [2.05, 4.69) is 16.0 Å². The van der Waals surface area contributed by atoms with Gasteiger partial charge in [-0.15, -0.1) is 0 Å². The Kier molecular flexibility index (Phi) is 7.51. The summed E-state index contributed by atoms with van der Waals surface area (Å²) < 4.78 is 26.6. The molecule has 4 nitrogen and oxygen atoms in total. The summed E-state index contributed by atoms with van der Waals surface area (Å²) in [7, 11) is 0. The van der Waals surface area contributed by atoms with Gasteiger partial charge in [-0.25, -0.2) is 8.78 Å². The Hall–Kier alpha value is -2.31. The number of carbonyl (C=O) groups is 1. The van der Waals surface area contributed by atoms with Crippen LogP contribution in [0.25, 0.3) is 0 Å². The zero-order chi connectivity index (χ0) is 19.8. The van der Waals surface area contributed by atoms with Crippen LogP contribution in [0.4, 0.5) is 8.78 Å². The average Bonchev–Trinajstić information content (AvgIpc) is 2.73. The van der Waals surface area contributed by atoms with Crippen molar-refractivity contribution in [3.05, 3.63) is 71.3 Å². The predicted molar refractivity (Wildman–Crippen MR) is 106 cm³/mol. The van der Waals surface area contributed by atoms with Gasteiger partial charge in [-0.1, -0.05) is 30.7 Å². The summed E-state index contributed by atoms with van der Waals surface area (Å²) >= 11 is 0. The fraction of sp³-hybridized carbons (Fsp3) is 0.409. The highest BCUT2D eigenvalue weighted by atomic mass is 19.1. The Morgan fingerprint density at radius 1 is 0.964 bits per heavy atom. The standard InChI is InChI=1S/C22H27F2N3O/c23-18-8-4-16(5-9-18)20(17-6-10-19(24)11-7-17)3-1-2-12-27-22(28)21-15-25-13-14-26-21/h4-11,20-21,25-26H,1-3,12-15H2,(H,27,28). The molecule has 3 rings (SSSR count). The summed E-state index contributed by atoms with van der Waals surface area (Å²) in [5.74, 6) is -0.438. The topological polar surface area (TPSA) is 53.2 Å². The molecule has 0 bridgehead atoms. The summed E-state index contributed by atoms with van der Waals surface area (Å²) in [6.45, 7) is 2.96. The van der Waals surface area contributed by atoms with Gasteiger partial charge in [0.1, 0.15) is 11.6 Å². The second-order valence-electron chi connectivity index (χ2n) is 7.15. The van der Waals surface area contributed by atoms with E-state index in [4.69, 9.17) is 0 Å². The van der Waals surface area contributed by atoms with Gasteiger partial charge in [-0.2, -0.15) is 0 Å². The quantitative estimate of drug-likeness (QED) is 0.611. The monoisotopic (exact) mass is 387 g/mol. The molecule has 1 heterocycles. The second kappa shape index (κ2) is 10.3. The highest BCUT2D eigenvalue weighted by Crippen LogP contribution is 2.30. The van der Waals surface area contributed by atoms with Gasteiger partial charge in [0.2, 0.25) is 5.91 Å². The van der Waals surface area contributed by atoms with Gasteiger partial charge >= 0.3 is 0 Å². The Morgan fingerprint density at radius 3 is 2.11 bits per heavy atom. The summed E-state index contributed by atoms with van der Waals surface area (Å²) in [6.07, 6.45) is 2.59. The molecular formula is C22H27F2N3O. The number of unbranched alkanes of at least 4 members (excludes halogenated alkanes) is 1. The van der Waals surface area contributed by atoms with Crippen LogP contribution < -0.4 is 16.0 Å².